The molecule has 0 radical (unpaired) electrons. The molecule has 0 aromatic heterocycles. The van der Waals surface area contributed by atoms with Crippen molar-refractivity contribution in [3.8, 4) is 5.75 Å². The Hall–Kier alpha value is -2.58. The zero-order valence-electron chi connectivity index (χ0n) is 17.6. The van der Waals surface area contributed by atoms with Crippen molar-refractivity contribution in [1.82, 2.24) is 0 Å². The summed E-state index contributed by atoms with van der Waals surface area (Å²) < 4.78 is 11.9. The van der Waals surface area contributed by atoms with E-state index in [1.165, 1.54) is 11.8 Å². The largest absolute Gasteiger partial charge is 0.482 e. The second-order valence-electron chi connectivity index (χ2n) is 7.79. The molecule has 3 aromatic rings. The molecule has 6 nitrogen and oxygen atoms in total. The molecule has 4 rings (SSSR count). The minimum atomic E-state index is -1.56. The number of nitro groups is 1. The molecule has 1 heterocycles. The molecular formula is C24H22BrNO5S. The molecule has 0 bridgehead atoms. The monoisotopic (exact) mass is 515 g/mol. The van der Waals surface area contributed by atoms with E-state index < -0.39 is 22.9 Å². The number of hydrogen-bond acceptors (Lipinski definition) is 6. The molecule has 0 aliphatic carbocycles. The highest BCUT2D eigenvalue weighted by Gasteiger charge is 2.59. The predicted octanol–water partition coefficient (Wildman–Crippen LogP) is 6.19. The lowest BCUT2D eigenvalue weighted by molar-refractivity contribution is -0.578. The third-order valence-corrected chi connectivity index (χ3v) is 7.72. The summed E-state index contributed by atoms with van der Waals surface area (Å²) in [5.74, 6) is 0.0284. The maximum atomic E-state index is 12.5. The number of benzene rings is 3. The van der Waals surface area contributed by atoms with E-state index in [9.17, 15) is 14.9 Å². The predicted molar refractivity (Wildman–Crippen MR) is 128 cm³/mol. The number of ether oxygens (including phenoxy) is 2. The van der Waals surface area contributed by atoms with E-state index in [0.29, 0.717) is 5.75 Å². The van der Waals surface area contributed by atoms with Gasteiger partial charge in [0.1, 0.15) is 11.0 Å². The lowest BCUT2D eigenvalue weighted by atomic mass is 9.83. The molecule has 0 saturated carbocycles. The number of nitrogens with zero attached hydrogens (tertiary/aromatic N) is 1. The van der Waals surface area contributed by atoms with Crippen molar-refractivity contribution in [1.29, 1.82) is 0 Å². The number of thioether (sulfide) groups is 1. The third-order valence-electron chi connectivity index (χ3n) is 5.73. The van der Waals surface area contributed by atoms with Gasteiger partial charge in [-0.3, -0.25) is 14.9 Å². The van der Waals surface area contributed by atoms with Gasteiger partial charge in [0.15, 0.2) is 6.10 Å². The number of carbonyl (C=O) groups excluding carboxylic acids is 1. The molecule has 0 fully saturated rings. The molecule has 3 atom stereocenters. The van der Waals surface area contributed by atoms with E-state index in [1.54, 1.807) is 19.9 Å². The van der Waals surface area contributed by atoms with Crippen LogP contribution in [0.1, 0.15) is 31.1 Å². The first-order chi connectivity index (χ1) is 15.3. The SMILES string of the molecule is CCOC(=O)C[C@H]1Oc2ccc(Br)cc2[C@@H](Sc2ccc3ccccc3c2)[C@]1(C)[N+](=O)[O-]. The number of halogens is 1. The quantitative estimate of drug-likeness (QED) is 0.221. The highest BCUT2D eigenvalue weighted by molar-refractivity contribution is 9.10. The smallest absolute Gasteiger partial charge is 0.309 e. The fraction of sp³-hybridized carbons (Fsp3) is 0.292. The van der Waals surface area contributed by atoms with Crippen LogP contribution in [0.2, 0.25) is 0 Å². The maximum Gasteiger partial charge on any atom is 0.309 e. The van der Waals surface area contributed by atoms with Gasteiger partial charge in [0, 0.05) is 26.8 Å². The van der Waals surface area contributed by atoms with Gasteiger partial charge in [-0.25, -0.2) is 0 Å². The van der Waals surface area contributed by atoms with Gasteiger partial charge >= 0.3 is 5.97 Å². The number of rotatable bonds is 6. The van der Waals surface area contributed by atoms with Crippen molar-refractivity contribution >= 4 is 44.4 Å². The molecule has 0 N–H and O–H groups in total. The average Bonchev–Trinajstić information content (AvgIpc) is 2.77. The second-order valence-corrected chi connectivity index (χ2v) is 9.88. The lowest BCUT2D eigenvalue weighted by Gasteiger charge is -2.40. The van der Waals surface area contributed by atoms with Crippen molar-refractivity contribution in [3.05, 3.63) is 80.8 Å². The van der Waals surface area contributed by atoms with Crippen molar-refractivity contribution in [2.75, 3.05) is 6.61 Å². The summed E-state index contributed by atoms with van der Waals surface area (Å²) >= 11 is 4.89. The number of carbonyl (C=O) groups is 1. The summed E-state index contributed by atoms with van der Waals surface area (Å²) in [5, 5.41) is 14.1. The molecule has 3 aromatic carbocycles. The van der Waals surface area contributed by atoms with Crippen LogP contribution in [0.15, 0.2) is 70.0 Å². The van der Waals surface area contributed by atoms with Gasteiger partial charge < -0.3 is 9.47 Å². The molecule has 166 valence electrons. The molecule has 0 saturated heterocycles. The Balaban J connectivity index is 1.80. The minimum Gasteiger partial charge on any atom is -0.482 e. The Labute approximate surface area is 198 Å². The van der Waals surface area contributed by atoms with Crippen molar-refractivity contribution in [3.63, 3.8) is 0 Å². The van der Waals surface area contributed by atoms with Gasteiger partial charge in [-0.2, -0.15) is 0 Å². The van der Waals surface area contributed by atoms with Gasteiger partial charge in [-0.1, -0.05) is 46.3 Å². The van der Waals surface area contributed by atoms with Crippen LogP contribution < -0.4 is 4.74 Å². The zero-order chi connectivity index (χ0) is 22.9. The van der Waals surface area contributed by atoms with E-state index in [4.69, 9.17) is 9.47 Å². The number of hydrogen-bond donors (Lipinski definition) is 0. The molecule has 1 aliphatic heterocycles. The van der Waals surface area contributed by atoms with Crippen molar-refractivity contribution in [2.45, 2.75) is 42.1 Å². The van der Waals surface area contributed by atoms with E-state index in [1.807, 2.05) is 54.6 Å². The van der Waals surface area contributed by atoms with Gasteiger partial charge in [0.2, 0.25) is 0 Å². The van der Waals surface area contributed by atoms with Crippen LogP contribution in [0.4, 0.5) is 0 Å². The molecule has 8 heteroatoms. The summed E-state index contributed by atoms with van der Waals surface area (Å²) in [4.78, 5) is 25.3. The summed E-state index contributed by atoms with van der Waals surface area (Å²) in [6, 6.07) is 19.5. The lowest BCUT2D eigenvalue weighted by Crippen LogP contribution is -2.56. The van der Waals surface area contributed by atoms with Crippen LogP contribution in [0.5, 0.6) is 5.75 Å². The summed E-state index contributed by atoms with van der Waals surface area (Å²) in [7, 11) is 0. The first-order valence-corrected chi connectivity index (χ1v) is 11.9. The topological polar surface area (TPSA) is 78.7 Å². The van der Waals surface area contributed by atoms with Crippen LogP contribution in [0.25, 0.3) is 10.8 Å². The molecule has 0 unspecified atom stereocenters. The van der Waals surface area contributed by atoms with Gasteiger partial charge in [-0.05, 0) is 48.0 Å². The fourth-order valence-electron chi connectivity index (χ4n) is 3.98. The fourth-order valence-corrected chi connectivity index (χ4v) is 5.76. The van der Waals surface area contributed by atoms with Gasteiger partial charge in [0.25, 0.3) is 5.54 Å². The van der Waals surface area contributed by atoms with E-state index >= 15 is 0 Å². The van der Waals surface area contributed by atoms with Crippen LogP contribution in [-0.4, -0.2) is 29.1 Å². The van der Waals surface area contributed by atoms with Crippen LogP contribution in [-0.2, 0) is 9.53 Å². The Morgan fingerprint density at radius 1 is 1.19 bits per heavy atom. The maximum absolute atomic E-state index is 12.5. The van der Waals surface area contributed by atoms with Crippen molar-refractivity contribution in [2.24, 2.45) is 0 Å². The third kappa shape index (κ3) is 4.21. The molecule has 1 aliphatic rings. The van der Waals surface area contributed by atoms with Crippen LogP contribution in [0.3, 0.4) is 0 Å². The average molecular weight is 516 g/mol. The number of esters is 1. The highest BCUT2D eigenvalue weighted by Crippen LogP contribution is 2.53. The Bertz CT molecular complexity index is 1190. The molecule has 32 heavy (non-hydrogen) atoms. The zero-order valence-corrected chi connectivity index (χ0v) is 20.0. The molecule has 0 spiro atoms. The Morgan fingerprint density at radius 2 is 1.94 bits per heavy atom. The normalized spacial score (nSPS) is 22.1. The van der Waals surface area contributed by atoms with Gasteiger partial charge in [0.05, 0.1) is 13.0 Å². The van der Waals surface area contributed by atoms with Gasteiger partial charge in [-0.15, -0.1) is 11.8 Å². The Kier molecular flexibility index (Phi) is 6.44. The summed E-state index contributed by atoms with van der Waals surface area (Å²) in [6.45, 7) is 3.47. The van der Waals surface area contributed by atoms with E-state index in [2.05, 4.69) is 15.9 Å². The standard InChI is InChI=1S/C24H22BrNO5S/c1-3-30-22(27)14-21-24(2,26(28)29)23(19-13-17(25)9-11-20(19)31-21)32-18-10-8-15-6-4-5-7-16(15)12-18/h4-13,21,23H,3,14H2,1-2H3/t21-,23-,24-/m1/s1. The van der Waals surface area contributed by atoms with Crippen molar-refractivity contribution < 1.29 is 19.2 Å². The van der Waals surface area contributed by atoms with Crippen LogP contribution in [0, 0.1) is 10.1 Å². The van der Waals surface area contributed by atoms with Crippen LogP contribution >= 0.6 is 27.7 Å². The number of fused-ring (bicyclic) bond motifs is 2. The first kappa shape index (κ1) is 22.6. The van der Waals surface area contributed by atoms with E-state index in [-0.39, 0.29) is 18.0 Å². The summed E-state index contributed by atoms with van der Waals surface area (Å²) in [6.07, 6.45) is -1.17. The first-order valence-electron chi connectivity index (χ1n) is 10.2. The minimum absolute atomic E-state index is 0.199. The molecule has 0 amide bonds. The molecular weight excluding hydrogens is 494 g/mol. The Morgan fingerprint density at radius 3 is 2.66 bits per heavy atom. The highest BCUT2D eigenvalue weighted by atomic mass is 79.9. The summed E-state index contributed by atoms with van der Waals surface area (Å²) in [5.41, 5.74) is -0.839. The van der Waals surface area contributed by atoms with E-state index in [0.717, 1.165) is 25.7 Å². The second kappa shape index (κ2) is 9.11.